The third-order valence-corrected chi connectivity index (χ3v) is 2.80. The zero-order chi connectivity index (χ0) is 14.4. The Morgan fingerprint density at radius 1 is 1.20 bits per heavy atom. The number of nitrogens with one attached hydrogen (secondary N) is 1. The second-order valence-corrected chi connectivity index (χ2v) is 4.26. The van der Waals surface area contributed by atoms with Crippen LogP contribution >= 0.6 is 0 Å². The second-order valence-electron chi connectivity index (χ2n) is 4.26. The van der Waals surface area contributed by atoms with Crippen LogP contribution in [0.4, 0.5) is 0 Å². The van der Waals surface area contributed by atoms with Crippen LogP contribution in [-0.2, 0) is 6.54 Å². The zero-order valence-electron chi connectivity index (χ0n) is 10.8. The van der Waals surface area contributed by atoms with Crippen molar-refractivity contribution in [1.29, 1.82) is 0 Å². The molecule has 0 fully saturated rings. The van der Waals surface area contributed by atoms with Crippen molar-refractivity contribution in [2.45, 2.75) is 13.0 Å². The van der Waals surface area contributed by atoms with Gasteiger partial charge in [0.2, 0.25) is 0 Å². The molecule has 0 aliphatic carbocycles. The molecule has 104 valence electrons. The number of hydrogen-bond acceptors (Lipinski definition) is 3. The van der Waals surface area contributed by atoms with Gasteiger partial charge in [0.15, 0.2) is 0 Å². The van der Waals surface area contributed by atoms with E-state index in [1.807, 2.05) is 12.3 Å². The van der Waals surface area contributed by atoms with Gasteiger partial charge in [0.05, 0.1) is 5.56 Å². The highest BCUT2D eigenvalue weighted by Gasteiger charge is 2.07. The summed E-state index contributed by atoms with van der Waals surface area (Å²) in [4.78, 5) is 22.5. The summed E-state index contributed by atoms with van der Waals surface area (Å²) in [5, 5.41) is 15.6. The van der Waals surface area contributed by atoms with E-state index in [1.165, 1.54) is 24.3 Å². The van der Waals surface area contributed by atoms with Crippen molar-refractivity contribution in [3.05, 3.63) is 53.9 Å². The van der Waals surface area contributed by atoms with Crippen molar-refractivity contribution in [1.82, 2.24) is 15.1 Å². The van der Waals surface area contributed by atoms with Gasteiger partial charge in [-0.25, -0.2) is 4.79 Å². The van der Waals surface area contributed by atoms with Crippen LogP contribution in [0.3, 0.4) is 0 Å². The number of aromatic nitrogens is 2. The Hall–Kier alpha value is -2.63. The van der Waals surface area contributed by atoms with Crippen LogP contribution in [0, 0.1) is 0 Å². The molecule has 6 nitrogen and oxygen atoms in total. The summed E-state index contributed by atoms with van der Waals surface area (Å²) < 4.78 is 1.80. The van der Waals surface area contributed by atoms with Gasteiger partial charge >= 0.3 is 5.97 Å². The third-order valence-electron chi connectivity index (χ3n) is 2.80. The fourth-order valence-electron chi connectivity index (χ4n) is 1.74. The minimum absolute atomic E-state index is 0.167. The fraction of sp³-hybridized carbons (Fsp3) is 0.214. The smallest absolute Gasteiger partial charge is 0.335 e. The molecule has 0 aliphatic heterocycles. The first-order chi connectivity index (χ1) is 9.66. The van der Waals surface area contributed by atoms with Gasteiger partial charge in [-0.2, -0.15) is 5.10 Å². The van der Waals surface area contributed by atoms with E-state index in [9.17, 15) is 9.59 Å². The maximum Gasteiger partial charge on any atom is 0.335 e. The second kappa shape index (κ2) is 6.51. The number of carbonyl (C=O) groups is 2. The van der Waals surface area contributed by atoms with E-state index in [0.29, 0.717) is 12.1 Å². The Balaban J connectivity index is 1.78. The molecule has 2 aromatic rings. The van der Waals surface area contributed by atoms with Crippen LogP contribution in [0.25, 0.3) is 0 Å². The lowest BCUT2D eigenvalue weighted by molar-refractivity contribution is 0.0696. The van der Waals surface area contributed by atoms with Crippen molar-refractivity contribution < 1.29 is 14.7 Å². The highest BCUT2D eigenvalue weighted by atomic mass is 16.4. The molecule has 1 aromatic carbocycles. The highest BCUT2D eigenvalue weighted by molar-refractivity contribution is 5.95. The van der Waals surface area contributed by atoms with E-state index >= 15 is 0 Å². The number of hydrogen-bond donors (Lipinski definition) is 2. The van der Waals surface area contributed by atoms with E-state index in [1.54, 1.807) is 10.9 Å². The Morgan fingerprint density at radius 3 is 2.50 bits per heavy atom. The first kappa shape index (κ1) is 13.8. The molecule has 0 aliphatic rings. The van der Waals surface area contributed by atoms with E-state index in [-0.39, 0.29) is 11.5 Å². The van der Waals surface area contributed by atoms with Crippen LogP contribution in [0.2, 0.25) is 0 Å². The number of amides is 1. The summed E-state index contributed by atoms with van der Waals surface area (Å²) in [7, 11) is 0. The van der Waals surface area contributed by atoms with Crippen LogP contribution in [0.15, 0.2) is 42.7 Å². The minimum Gasteiger partial charge on any atom is -0.478 e. The molecule has 0 saturated heterocycles. The largest absolute Gasteiger partial charge is 0.478 e. The standard InChI is InChI=1S/C14H15N3O3/c18-13(11-3-5-12(6-4-11)14(19)20)15-7-1-9-17-10-2-8-16-17/h2-6,8,10H,1,7,9H2,(H,15,18)(H,19,20). The predicted molar refractivity (Wildman–Crippen MR) is 72.6 cm³/mol. The summed E-state index contributed by atoms with van der Waals surface area (Å²) in [5.74, 6) is -1.21. The molecule has 20 heavy (non-hydrogen) atoms. The molecule has 0 radical (unpaired) electrons. The van der Waals surface area contributed by atoms with Crippen molar-refractivity contribution in [3.63, 3.8) is 0 Å². The number of carboxylic acid groups (broad SMARTS) is 1. The van der Waals surface area contributed by atoms with Crippen molar-refractivity contribution in [3.8, 4) is 0 Å². The number of benzene rings is 1. The molecule has 2 N–H and O–H groups in total. The van der Waals surface area contributed by atoms with Crippen LogP contribution in [0.1, 0.15) is 27.1 Å². The normalized spacial score (nSPS) is 10.2. The van der Waals surface area contributed by atoms with E-state index in [2.05, 4.69) is 10.4 Å². The lowest BCUT2D eigenvalue weighted by Crippen LogP contribution is -2.25. The maximum atomic E-state index is 11.8. The molecular weight excluding hydrogens is 258 g/mol. The van der Waals surface area contributed by atoms with Gasteiger partial charge in [-0.15, -0.1) is 0 Å². The number of rotatable bonds is 6. The Labute approximate surface area is 116 Å². The van der Waals surface area contributed by atoms with Gasteiger partial charge in [0.1, 0.15) is 0 Å². The number of carboxylic acids is 1. The Morgan fingerprint density at radius 2 is 1.90 bits per heavy atom. The summed E-state index contributed by atoms with van der Waals surface area (Å²) in [6.45, 7) is 1.28. The molecule has 1 heterocycles. The Bertz CT molecular complexity index is 576. The first-order valence-electron chi connectivity index (χ1n) is 6.26. The maximum absolute atomic E-state index is 11.8. The number of aryl methyl sites for hydroxylation is 1. The van der Waals surface area contributed by atoms with Gasteiger partial charge in [0.25, 0.3) is 5.91 Å². The van der Waals surface area contributed by atoms with Gasteiger partial charge in [-0.3, -0.25) is 9.48 Å². The third kappa shape index (κ3) is 3.68. The number of aromatic carboxylic acids is 1. The lowest BCUT2D eigenvalue weighted by Gasteiger charge is -2.05. The summed E-state index contributed by atoms with van der Waals surface area (Å²) >= 11 is 0. The molecule has 0 saturated carbocycles. The topological polar surface area (TPSA) is 84.2 Å². The van der Waals surface area contributed by atoms with Crippen molar-refractivity contribution in [2.24, 2.45) is 0 Å². The number of nitrogens with zero attached hydrogens (tertiary/aromatic N) is 2. The molecule has 2 rings (SSSR count). The van der Waals surface area contributed by atoms with Gasteiger partial charge in [0, 0.05) is 31.0 Å². The first-order valence-corrected chi connectivity index (χ1v) is 6.26. The zero-order valence-corrected chi connectivity index (χ0v) is 10.8. The van der Waals surface area contributed by atoms with Gasteiger partial charge < -0.3 is 10.4 Å². The quantitative estimate of drug-likeness (QED) is 0.779. The van der Waals surface area contributed by atoms with E-state index < -0.39 is 5.97 Å². The summed E-state index contributed by atoms with van der Waals surface area (Å²) in [6.07, 6.45) is 4.36. The van der Waals surface area contributed by atoms with Gasteiger partial charge in [-0.1, -0.05) is 0 Å². The predicted octanol–water partition coefficient (Wildman–Crippen LogP) is 1.40. The highest BCUT2D eigenvalue weighted by Crippen LogP contribution is 2.04. The Kier molecular flexibility index (Phi) is 4.49. The molecule has 0 unspecified atom stereocenters. The average Bonchev–Trinajstić information content (AvgIpc) is 2.96. The SMILES string of the molecule is O=C(O)c1ccc(C(=O)NCCCn2cccn2)cc1. The fourth-order valence-corrected chi connectivity index (χ4v) is 1.74. The molecule has 0 spiro atoms. The molecule has 1 aromatic heterocycles. The monoisotopic (exact) mass is 273 g/mol. The summed E-state index contributed by atoms with van der Waals surface area (Å²) in [5.41, 5.74) is 0.620. The van der Waals surface area contributed by atoms with Gasteiger partial charge in [-0.05, 0) is 36.8 Å². The van der Waals surface area contributed by atoms with E-state index in [0.717, 1.165) is 13.0 Å². The van der Waals surface area contributed by atoms with Crippen LogP contribution in [-0.4, -0.2) is 33.3 Å². The molecule has 1 amide bonds. The van der Waals surface area contributed by atoms with E-state index in [4.69, 9.17) is 5.11 Å². The van der Waals surface area contributed by atoms with Crippen molar-refractivity contribution in [2.75, 3.05) is 6.54 Å². The molecule has 0 atom stereocenters. The molecule has 6 heteroatoms. The number of carbonyl (C=O) groups excluding carboxylic acids is 1. The summed E-state index contributed by atoms with van der Waals surface area (Å²) in [6, 6.07) is 7.70. The lowest BCUT2D eigenvalue weighted by atomic mass is 10.1. The molecular formula is C14H15N3O3. The van der Waals surface area contributed by atoms with Crippen LogP contribution < -0.4 is 5.32 Å². The van der Waals surface area contributed by atoms with Crippen molar-refractivity contribution >= 4 is 11.9 Å². The van der Waals surface area contributed by atoms with Crippen LogP contribution in [0.5, 0.6) is 0 Å². The minimum atomic E-state index is -1.00. The molecule has 0 bridgehead atoms. The average molecular weight is 273 g/mol.